The first-order valence-corrected chi connectivity index (χ1v) is 10.7. The van der Waals surface area contributed by atoms with E-state index in [-0.39, 0.29) is 5.91 Å². The summed E-state index contributed by atoms with van der Waals surface area (Å²) in [6.07, 6.45) is 4.14. The van der Waals surface area contributed by atoms with Crippen LogP contribution >= 0.6 is 11.3 Å². The number of fused-ring (bicyclic) bond motifs is 1. The molecule has 0 bridgehead atoms. The third-order valence-corrected chi connectivity index (χ3v) is 6.47. The first-order valence-electron chi connectivity index (χ1n) is 9.84. The molecule has 4 aromatic rings. The fourth-order valence-electron chi connectivity index (χ4n) is 3.68. The van der Waals surface area contributed by atoms with Crippen LogP contribution in [0.15, 0.2) is 43.0 Å². The molecule has 30 heavy (non-hydrogen) atoms. The van der Waals surface area contributed by atoms with Crippen molar-refractivity contribution in [2.75, 3.05) is 31.1 Å². The number of amides is 1. The molecular formula is C20H20N8OS. The molecule has 0 N–H and O–H groups in total. The number of aryl methyl sites for hydroxylation is 1. The van der Waals surface area contributed by atoms with Crippen molar-refractivity contribution in [1.82, 2.24) is 35.1 Å². The van der Waals surface area contributed by atoms with Gasteiger partial charge in [-0.1, -0.05) is 13.0 Å². The highest BCUT2D eigenvalue weighted by Crippen LogP contribution is 2.31. The zero-order chi connectivity index (χ0) is 20.5. The lowest BCUT2D eigenvalue weighted by atomic mass is 10.1. The minimum absolute atomic E-state index is 0.0150. The average Bonchev–Trinajstić information content (AvgIpc) is 3.48. The van der Waals surface area contributed by atoms with Crippen molar-refractivity contribution in [2.45, 2.75) is 13.3 Å². The van der Waals surface area contributed by atoms with E-state index in [0.29, 0.717) is 18.7 Å². The standard InChI is InChI=1S/C20H20N8OS/c1-2-16-11-17-18(21-12-22-19(17)30-16)26-6-8-27(9-7-26)20(29)14-4-3-5-15(10-14)28-13-23-24-25-28/h3-5,10-13H,2,6-9H2,1H3. The van der Waals surface area contributed by atoms with Gasteiger partial charge in [-0.25, -0.2) is 14.6 Å². The monoisotopic (exact) mass is 420 g/mol. The summed E-state index contributed by atoms with van der Waals surface area (Å²) < 4.78 is 1.54. The van der Waals surface area contributed by atoms with Crippen LogP contribution in [0.3, 0.4) is 0 Å². The van der Waals surface area contributed by atoms with Gasteiger partial charge in [-0.05, 0) is 41.1 Å². The number of carbonyl (C=O) groups is 1. The summed E-state index contributed by atoms with van der Waals surface area (Å²) in [5, 5.41) is 12.3. The van der Waals surface area contributed by atoms with Crippen molar-refractivity contribution in [2.24, 2.45) is 0 Å². The molecule has 1 amide bonds. The maximum Gasteiger partial charge on any atom is 0.254 e. The highest BCUT2D eigenvalue weighted by molar-refractivity contribution is 7.18. The van der Waals surface area contributed by atoms with Crippen molar-refractivity contribution >= 4 is 33.3 Å². The number of anilines is 1. The summed E-state index contributed by atoms with van der Waals surface area (Å²) in [5.74, 6) is 0.977. The molecule has 4 heterocycles. The summed E-state index contributed by atoms with van der Waals surface area (Å²) in [7, 11) is 0. The van der Waals surface area contributed by atoms with Gasteiger partial charge in [0.15, 0.2) is 0 Å². The van der Waals surface area contributed by atoms with Gasteiger partial charge in [0, 0.05) is 36.6 Å². The number of piperazine rings is 1. The molecule has 10 heteroatoms. The maximum absolute atomic E-state index is 13.0. The van der Waals surface area contributed by atoms with Crippen LogP contribution in [0.4, 0.5) is 5.82 Å². The van der Waals surface area contributed by atoms with Gasteiger partial charge >= 0.3 is 0 Å². The molecule has 0 radical (unpaired) electrons. The summed E-state index contributed by atoms with van der Waals surface area (Å²) in [6.45, 7) is 4.91. The molecular weight excluding hydrogens is 400 g/mol. The Morgan fingerprint density at radius 2 is 2.00 bits per heavy atom. The molecule has 0 saturated carbocycles. The van der Waals surface area contributed by atoms with E-state index >= 15 is 0 Å². The number of nitrogens with zero attached hydrogens (tertiary/aromatic N) is 8. The minimum Gasteiger partial charge on any atom is -0.352 e. The normalized spacial score (nSPS) is 14.4. The highest BCUT2D eigenvalue weighted by Gasteiger charge is 2.24. The Hall–Kier alpha value is -3.40. The first-order chi connectivity index (χ1) is 14.7. The molecule has 1 aromatic carbocycles. The van der Waals surface area contributed by atoms with Crippen LogP contribution in [-0.2, 0) is 6.42 Å². The Labute approximate surface area is 177 Å². The van der Waals surface area contributed by atoms with Gasteiger partial charge in [-0.15, -0.1) is 16.4 Å². The Kier molecular flexibility index (Phi) is 4.83. The van der Waals surface area contributed by atoms with Gasteiger partial charge in [-0.3, -0.25) is 4.79 Å². The van der Waals surface area contributed by atoms with Crippen LogP contribution in [0.1, 0.15) is 22.2 Å². The molecule has 3 aromatic heterocycles. The Balaban J connectivity index is 1.31. The van der Waals surface area contributed by atoms with Crippen LogP contribution in [0.25, 0.3) is 15.9 Å². The van der Waals surface area contributed by atoms with Crippen molar-refractivity contribution in [1.29, 1.82) is 0 Å². The smallest absolute Gasteiger partial charge is 0.254 e. The van der Waals surface area contributed by atoms with E-state index in [1.165, 1.54) is 11.2 Å². The maximum atomic E-state index is 13.0. The second-order valence-electron chi connectivity index (χ2n) is 7.07. The van der Waals surface area contributed by atoms with Crippen LogP contribution in [0, 0.1) is 0 Å². The summed E-state index contributed by atoms with van der Waals surface area (Å²) in [6, 6.07) is 9.55. The van der Waals surface area contributed by atoms with Gasteiger partial charge in [0.2, 0.25) is 0 Å². The predicted octanol–water partition coefficient (Wildman–Crippen LogP) is 2.19. The quantitative estimate of drug-likeness (QED) is 0.500. The van der Waals surface area contributed by atoms with Crippen molar-refractivity contribution in [3.05, 3.63) is 53.4 Å². The molecule has 0 spiro atoms. The molecule has 0 unspecified atom stereocenters. The number of tetrazole rings is 1. The van der Waals surface area contributed by atoms with Gasteiger partial charge in [-0.2, -0.15) is 0 Å². The van der Waals surface area contributed by atoms with Crippen LogP contribution in [0.2, 0.25) is 0 Å². The zero-order valence-corrected chi connectivity index (χ0v) is 17.3. The SMILES string of the molecule is CCc1cc2c(N3CCN(C(=O)c4cccc(-n5cnnn5)c4)CC3)ncnc2s1. The zero-order valence-electron chi connectivity index (χ0n) is 16.5. The fourth-order valence-corrected chi connectivity index (χ4v) is 4.61. The van der Waals surface area contributed by atoms with Crippen LogP contribution in [0.5, 0.6) is 0 Å². The molecule has 9 nitrogen and oxygen atoms in total. The van der Waals surface area contributed by atoms with Gasteiger partial charge in [0.05, 0.1) is 11.1 Å². The lowest BCUT2D eigenvalue weighted by molar-refractivity contribution is 0.0746. The number of hydrogen-bond donors (Lipinski definition) is 0. The van der Waals surface area contributed by atoms with Crippen LogP contribution in [-0.4, -0.2) is 67.2 Å². The predicted molar refractivity (Wildman–Crippen MR) is 114 cm³/mol. The largest absolute Gasteiger partial charge is 0.352 e. The Morgan fingerprint density at radius 3 is 2.77 bits per heavy atom. The van der Waals surface area contributed by atoms with Crippen LogP contribution < -0.4 is 4.90 Å². The van der Waals surface area contributed by atoms with Gasteiger partial charge in [0.25, 0.3) is 5.91 Å². The summed E-state index contributed by atoms with van der Waals surface area (Å²) >= 11 is 1.72. The number of carbonyl (C=O) groups excluding carboxylic acids is 1. The topological polar surface area (TPSA) is 92.9 Å². The molecule has 1 aliphatic heterocycles. The molecule has 0 aliphatic carbocycles. The fraction of sp³-hybridized carbons (Fsp3) is 0.300. The van der Waals surface area contributed by atoms with E-state index in [9.17, 15) is 4.79 Å². The highest BCUT2D eigenvalue weighted by atomic mass is 32.1. The number of benzene rings is 1. The van der Waals surface area contributed by atoms with E-state index in [1.807, 2.05) is 29.2 Å². The van der Waals surface area contributed by atoms with Gasteiger partial charge < -0.3 is 9.80 Å². The van der Waals surface area contributed by atoms with E-state index in [0.717, 1.165) is 41.2 Å². The first kappa shape index (κ1) is 18.6. The molecule has 1 fully saturated rings. The van der Waals surface area contributed by atoms with Crippen molar-refractivity contribution in [3.8, 4) is 5.69 Å². The lowest BCUT2D eigenvalue weighted by Gasteiger charge is -2.35. The molecule has 1 saturated heterocycles. The Bertz CT molecular complexity index is 1180. The summed E-state index contributed by atoms with van der Waals surface area (Å²) in [5.41, 5.74) is 1.39. The minimum atomic E-state index is 0.0150. The Morgan fingerprint density at radius 1 is 1.13 bits per heavy atom. The van der Waals surface area contributed by atoms with E-state index in [2.05, 4.69) is 43.4 Å². The van der Waals surface area contributed by atoms with Gasteiger partial charge in [0.1, 0.15) is 23.3 Å². The third-order valence-electron chi connectivity index (χ3n) is 5.28. The number of thiophene rings is 1. The second kappa shape index (κ2) is 7.79. The number of aromatic nitrogens is 6. The lowest BCUT2D eigenvalue weighted by Crippen LogP contribution is -2.49. The van der Waals surface area contributed by atoms with Crippen molar-refractivity contribution in [3.63, 3.8) is 0 Å². The van der Waals surface area contributed by atoms with Crippen molar-refractivity contribution < 1.29 is 4.79 Å². The molecule has 152 valence electrons. The molecule has 5 rings (SSSR count). The molecule has 0 atom stereocenters. The van der Waals surface area contributed by atoms with E-state index < -0.39 is 0 Å². The van der Waals surface area contributed by atoms with E-state index in [1.54, 1.807) is 22.3 Å². The molecule has 1 aliphatic rings. The average molecular weight is 421 g/mol. The van der Waals surface area contributed by atoms with E-state index in [4.69, 9.17) is 0 Å². The number of rotatable bonds is 4. The number of hydrogen-bond acceptors (Lipinski definition) is 8. The summed E-state index contributed by atoms with van der Waals surface area (Å²) in [4.78, 5) is 28.5. The third kappa shape index (κ3) is 3.39. The second-order valence-corrected chi connectivity index (χ2v) is 8.18.